The fraction of sp³-hybridized carbons (Fsp3) is 0.333. The Morgan fingerprint density at radius 2 is 1.68 bits per heavy atom. The largest absolute Gasteiger partial charge is 0.379 e. The molecule has 0 spiro atoms. The van der Waals surface area contributed by atoms with Crippen LogP contribution < -0.4 is 4.72 Å². The summed E-state index contributed by atoms with van der Waals surface area (Å²) in [6.45, 7) is 3.37. The summed E-state index contributed by atoms with van der Waals surface area (Å²) in [6, 6.07) is 13.9. The SMILES string of the molecule is O=S(=O)(N[C@@H](CN1CCOCC1)c1ccccc1)c1ccc(F)cc1. The van der Waals surface area contributed by atoms with Crippen molar-refractivity contribution in [3.8, 4) is 0 Å². The Labute approximate surface area is 147 Å². The molecule has 1 N–H and O–H groups in total. The van der Waals surface area contributed by atoms with Crippen molar-refractivity contribution in [2.45, 2.75) is 10.9 Å². The van der Waals surface area contributed by atoms with Gasteiger partial charge in [0.1, 0.15) is 5.82 Å². The molecule has 0 bridgehead atoms. The lowest BCUT2D eigenvalue weighted by Crippen LogP contribution is -2.43. The van der Waals surface area contributed by atoms with Gasteiger partial charge in [-0.15, -0.1) is 0 Å². The zero-order chi connectivity index (χ0) is 17.7. The fourth-order valence-corrected chi connectivity index (χ4v) is 4.02. The van der Waals surface area contributed by atoms with Crippen molar-refractivity contribution < 1.29 is 17.5 Å². The average molecular weight is 364 g/mol. The van der Waals surface area contributed by atoms with Crippen LogP contribution in [0, 0.1) is 5.82 Å². The third kappa shape index (κ3) is 4.85. The van der Waals surface area contributed by atoms with E-state index in [1.54, 1.807) is 0 Å². The molecule has 0 aromatic heterocycles. The fourth-order valence-electron chi connectivity index (χ4n) is 2.81. The first-order chi connectivity index (χ1) is 12.0. The van der Waals surface area contributed by atoms with Crippen LogP contribution in [0.1, 0.15) is 11.6 Å². The molecule has 0 aliphatic carbocycles. The first-order valence-corrected chi connectivity index (χ1v) is 9.66. The molecule has 5 nitrogen and oxygen atoms in total. The molecule has 134 valence electrons. The van der Waals surface area contributed by atoms with E-state index in [4.69, 9.17) is 4.74 Å². The van der Waals surface area contributed by atoms with Crippen molar-refractivity contribution in [2.24, 2.45) is 0 Å². The molecule has 1 aliphatic rings. The highest BCUT2D eigenvalue weighted by Crippen LogP contribution is 2.19. The van der Waals surface area contributed by atoms with Crippen LogP contribution in [0.15, 0.2) is 59.5 Å². The summed E-state index contributed by atoms with van der Waals surface area (Å²) < 4.78 is 46.6. The summed E-state index contributed by atoms with van der Waals surface area (Å²) in [6.07, 6.45) is 0. The van der Waals surface area contributed by atoms with E-state index in [-0.39, 0.29) is 4.90 Å². The molecular weight excluding hydrogens is 343 g/mol. The van der Waals surface area contributed by atoms with E-state index in [1.807, 2.05) is 30.3 Å². The van der Waals surface area contributed by atoms with Gasteiger partial charge in [0.25, 0.3) is 0 Å². The van der Waals surface area contributed by atoms with Crippen LogP contribution in [0.4, 0.5) is 4.39 Å². The summed E-state index contributed by atoms with van der Waals surface area (Å²) in [5.74, 6) is -0.466. The Bertz CT molecular complexity index is 776. The maximum absolute atomic E-state index is 13.1. The van der Waals surface area contributed by atoms with Crippen LogP contribution in [0.3, 0.4) is 0 Å². The summed E-state index contributed by atoms with van der Waals surface area (Å²) in [4.78, 5) is 2.23. The number of morpholine rings is 1. The second-order valence-electron chi connectivity index (χ2n) is 5.95. The zero-order valence-corrected chi connectivity index (χ0v) is 14.6. The first-order valence-electron chi connectivity index (χ1n) is 8.17. The molecular formula is C18H21FN2O3S. The Kier molecular flexibility index (Phi) is 5.80. The van der Waals surface area contributed by atoms with Crippen LogP contribution in [-0.4, -0.2) is 46.2 Å². The minimum absolute atomic E-state index is 0.0526. The van der Waals surface area contributed by atoms with Gasteiger partial charge in [-0.05, 0) is 29.8 Å². The molecule has 0 unspecified atom stereocenters. The zero-order valence-electron chi connectivity index (χ0n) is 13.8. The number of benzene rings is 2. The topological polar surface area (TPSA) is 58.6 Å². The van der Waals surface area contributed by atoms with Crippen molar-refractivity contribution in [3.05, 3.63) is 66.0 Å². The van der Waals surface area contributed by atoms with Crippen LogP contribution in [0.5, 0.6) is 0 Å². The van der Waals surface area contributed by atoms with E-state index >= 15 is 0 Å². The molecule has 0 amide bonds. The lowest BCUT2D eigenvalue weighted by Gasteiger charge is -2.31. The number of ether oxygens (including phenoxy) is 1. The molecule has 2 aromatic carbocycles. The Hall–Kier alpha value is -1.80. The number of nitrogens with one attached hydrogen (secondary N) is 1. The number of rotatable bonds is 6. The third-order valence-electron chi connectivity index (χ3n) is 4.17. The predicted molar refractivity (Wildman–Crippen MR) is 93.2 cm³/mol. The summed E-state index contributed by atoms with van der Waals surface area (Å²) in [5, 5.41) is 0. The van der Waals surface area contributed by atoms with E-state index in [0.717, 1.165) is 30.8 Å². The van der Waals surface area contributed by atoms with Gasteiger partial charge < -0.3 is 4.74 Å². The van der Waals surface area contributed by atoms with Gasteiger partial charge in [0.15, 0.2) is 0 Å². The highest BCUT2D eigenvalue weighted by Gasteiger charge is 2.24. The van der Waals surface area contributed by atoms with E-state index in [0.29, 0.717) is 19.8 Å². The molecule has 25 heavy (non-hydrogen) atoms. The minimum atomic E-state index is -3.75. The molecule has 7 heteroatoms. The minimum Gasteiger partial charge on any atom is -0.379 e. The molecule has 0 radical (unpaired) electrons. The van der Waals surface area contributed by atoms with Gasteiger partial charge in [-0.2, -0.15) is 0 Å². The maximum atomic E-state index is 13.1. The van der Waals surface area contributed by atoms with Gasteiger partial charge in [-0.3, -0.25) is 4.90 Å². The van der Waals surface area contributed by atoms with E-state index in [1.165, 1.54) is 12.1 Å². The lowest BCUT2D eigenvalue weighted by molar-refractivity contribution is 0.0345. The smallest absolute Gasteiger partial charge is 0.241 e. The van der Waals surface area contributed by atoms with Gasteiger partial charge in [-0.1, -0.05) is 30.3 Å². The second kappa shape index (κ2) is 8.05. The van der Waals surface area contributed by atoms with Crippen molar-refractivity contribution in [1.82, 2.24) is 9.62 Å². The van der Waals surface area contributed by atoms with Crippen LogP contribution >= 0.6 is 0 Å². The van der Waals surface area contributed by atoms with Crippen LogP contribution in [-0.2, 0) is 14.8 Å². The van der Waals surface area contributed by atoms with Gasteiger partial charge in [0.2, 0.25) is 10.0 Å². The van der Waals surface area contributed by atoms with Crippen molar-refractivity contribution >= 4 is 10.0 Å². The van der Waals surface area contributed by atoms with Crippen molar-refractivity contribution in [1.29, 1.82) is 0 Å². The first kappa shape index (κ1) is 18.0. The molecule has 1 atom stereocenters. The molecule has 3 rings (SSSR count). The quantitative estimate of drug-likeness (QED) is 0.854. The summed E-state index contributed by atoms with van der Waals surface area (Å²) >= 11 is 0. The predicted octanol–water partition coefficient (Wildman–Crippen LogP) is 2.18. The van der Waals surface area contributed by atoms with E-state index in [9.17, 15) is 12.8 Å². The monoisotopic (exact) mass is 364 g/mol. The van der Waals surface area contributed by atoms with Crippen LogP contribution in [0.2, 0.25) is 0 Å². The molecule has 1 saturated heterocycles. The average Bonchev–Trinajstić information content (AvgIpc) is 2.63. The molecule has 1 aliphatic heterocycles. The molecule has 2 aromatic rings. The number of sulfonamides is 1. The van der Waals surface area contributed by atoms with Gasteiger partial charge in [-0.25, -0.2) is 17.5 Å². The van der Waals surface area contributed by atoms with E-state index in [2.05, 4.69) is 9.62 Å². The molecule has 0 saturated carbocycles. The maximum Gasteiger partial charge on any atom is 0.241 e. The highest BCUT2D eigenvalue weighted by atomic mass is 32.2. The van der Waals surface area contributed by atoms with Gasteiger partial charge >= 0.3 is 0 Å². The number of hydrogen-bond donors (Lipinski definition) is 1. The Balaban J connectivity index is 1.82. The number of nitrogens with zero attached hydrogens (tertiary/aromatic N) is 1. The van der Waals surface area contributed by atoms with Crippen molar-refractivity contribution in [2.75, 3.05) is 32.8 Å². The highest BCUT2D eigenvalue weighted by molar-refractivity contribution is 7.89. The normalized spacial score (nSPS) is 17.3. The Morgan fingerprint density at radius 1 is 1.04 bits per heavy atom. The van der Waals surface area contributed by atoms with E-state index < -0.39 is 21.9 Å². The molecule has 1 heterocycles. The summed E-state index contributed by atoms with van der Waals surface area (Å²) in [7, 11) is -3.75. The number of halogens is 1. The van der Waals surface area contributed by atoms with Crippen molar-refractivity contribution in [3.63, 3.8) is 0 Å². The Morgan fingerprint density at radius 3 is 2.32 bits per heavy atom. The molecule has 1 fully saturated rings. The van der Waals surface area contributed by atoms with Gasteiger partial charge in [0.05, 0.1) is 24.2 Å². The third-order valence-corrected chi connectivity index (χ3v) is 5.66. The standard InChI is InChI=1S/C18H21FN2O3S/c19-16-6-8-17(9-7-16)25(22,23)20-18(15-4-2-1-3-5-15)14-21-10-12-24-13-11-21/h1-9,18,20H,10-14H2/t18-/m0/s1. The van der Waals surface area contributed by atoms with Gasteiger partial charge in [0, 0.05) is 19.6 Å². The number of hydrogen-bond acceptors (Lipinski definition) is 4. The van der Waals surface area contributed by atoms with Crippen LogP contribution in [0.25, 0.3) is 0 Å². The summed E-state index contributed by atoms with van der Waals surface area (Å²) in [5.41, 5.74) is 0.889. The second-order valence-corrected chi connectivity index (χ2v) is 7.67. The lowest BCUT2D eigenvalue weighted by atomic mass is 10.1.